The van der Waals surface area contributed by atoms with Gasteiger partial charge >= 0.3 is 5.97 Å². The Hall–Kier alpha value is -2.39. The maximum absolute atomic E-state index is 11.7. The monoisotopic (exact) mass is 297 g/mol. The van der Waals surface area contributed by atoms with E-state index in [4.69, 9.17) is 9.66 Å². The Balaban J connectivity index is 2.59. The van der Waals surface area contributed by atoms with Gasteiger partial charge in [-0.2, -0.15) is 8.42 Å². The summed E-state index contributed by atoms with van der Waals surface area (Å²) in [4.78, 5) is 22.3. The molecule has 2 aromatic rings. The molecule has 9 heteroatoms. The van der Waals surface area contributed by atoms with E-state index in [1.54, 1.807) is 0 Å². The molecule has 0 saturated carbocycles. The summed E-state index contributed by atoms with van der Waals surface area (Å²) >= 11 is 0. The summed E-state index contributed by atoms with van der Waals surface area (Å²) in [5, 5.41) is 8.88. The third-order valence-corrected chi connectivity index (χ3v) is 3.49. The smallest absolute Gasteiger partial charge is 0.354 e. The molecule has 1 aromatic carbocycles. The van der Waals surface area contributed by atoms with Crippen LogP contribution in [0.1, 0.15) is 10.5 Å². The Morgan fingerprint density at radius 1 is 1.25 bits per heavy atom. The average Bonchev–Trinajstić information content (AvgIpc) is 2.64. The van der Waals surface area contributed by atoms with E-state index in [1.165, 1.54) is 19.2 Å². The number of benzene rings is 1. The Kier molecular flexibility index (Phi) is 3.24. The minimum absolute atomic E-state index is 0.244. The second-order valence-electron chi connectivity index (χ2n) is 3.89. The van der Waals surface area contributed by atoms with Crippen LogP contribution in [0.5, 0.6) is 0 Å². The Morgan fingerprint density at radius 3 is 2.20 bits per heavy atom. The molecule has 0 aliphatic heterocycles. The van der Waals surface area contributed by atoms with Crippen LogP contribution in [0.15, 0.2) is 34.0 Å². The Morgan fingerprint density at radius 2 is 1.80 bits per heavy atom. The summed E-state index contributed by atoms with van der Waals surface area (Å²) in [7, 11) is -2.97. The fourth-order valence-corrected chi connectivity index (χ4v) is 2.19. The van der Waals surface area contributed by atoms with E-state index in [9.17, 15) is 18.0 Å². The van der Waals surface area contributed by atoms with Crippen molar-refractivity contribution in [3.8, 4) is 5.69 Å². The molecule has 1 aromatic heterocycles. The van der Waals surface area contributed by atoms with Gasteiger partial charge in [-0.15, -0.1) is 0 Å². The Bertz CT molecular complexity index is 829. The molecule has 20 heavy (non-hydrogen) atoms. The molecule has 0 unspecified atom stereocenters. The lowest BCUT2D eigenvalue weighted by Crippen LogP contribution is -2.20. The van der Waals surface area contributed by atoms with Gasteiger partial charge in [0.2, 0.25) is 0 Å². The predicted molar refractivity (Wildman–Crippen MR) is 66.6 cm³/mol. The minimum atomic E-state index is -4.33. The molecule has 2 N–H and O–H groups in total. The van der Waals surface area contributed by atoms with E-state index in [0.717, 1.165) is 21.5 Å². The van der Waals surface area contributed by atoms with E-state index >= 15 is 0 Å². The summed E-state index contributed by atoms with van der Waals surface area (Å²) in [5.74, 6) is -1.31. The summed E-state index contributed by atoms with van der Waals surface area (Å²) < 4.78 is 32.8. The van der Waals surface area contributed by atoms with Crippen molar-refractivity contribution < 1.29 is 22.9 Å². The van der Waals surface area contributed by atoms with Gasteiger partial charge in [-0.25, -0.2) is 9.48 Å². The van der Waals surface area contributed by atoms with Crippen molar-refractivity contribution in [3.63, 3.8) is 0 Å². The van der Waals surface area contributed by atoms with Crippen molar-refractivity contribution in [3.05, 3.63) is 46.4 Å². The molecule has 0 saturated heterocycles. The normalized spacial score (nSPS) is 11.5. The van der Waals surface area contributed by atoms with Crippen LogP contribution in [0, 0.1) is 6.07 Å². The SMILES string of the molecule is Cn1c(C(=O)O)[c]c(=O)n1-c1ccc(S(=O)(=O)O)cc1. The van der Waals surface area contributed by atoms with E-state index in [1.807, 2.05) is 0 Å². The zero-order valence-corrected chi connectivity index (χ0v) is 11.0. The molecular weight excluding hydrogens is 288 g/mol. The van der Waals surface area contributed by atoms with Crippen LogP contribution in [0.4, 0.5) is 0 Å². The molecule has 8 nitrogen and oxygen atoms in total. The van der Waals surface area contributed by atoms with Crippen molar-refractivity contribution in [1.29, 1.82) is 0 Å². The van der Waals surface area contributed by atoms with Crippen LogP contribution >= 0.6 is 0 Å². The van der Waals surface area contributed by atoms with Gasteiger partial charge in [0.15, 0.2) is 5.69 Å². The molecule has 1 radical (unpaired) electrons. The highest BCUT2D eigenvalue weighted by molar-refractivity contribution is 7.85. The number of carboxylic acid groups (broad SMARTS) is 1. The van der Waals surface area contributed by atoms with Crippen LogP contribution in [0.2, 0.25) is 0 Å². The number of carbonyl (C=O) groups is 1. The number of aromatic nitrogens is 2. The predicted octanol–water partition coefficient (Wildman–Crippen LogP) is -0.0789. The molecule has 0 spiro atoms. The third kappa shape index (κ3) is 2.36. The second-order valence-corrected chi connectivity index (χ2v) is 5.31. The van der Waals surface area contributed by atoms with Gasteiger partial charge in [-0.05, 0) is 24.3 Å². The maximum Gasteiger partial charge on any atom is 0.354 e. The van der Waals surface area contributed by atoms with Crippen LogP contribution in [0.3, 0.4) is 0 Å². The molecule has 0 aliphatic carbocycles. The number of hydrogen-bond acceptors (Lipinski definition) is 4. The summed E-state index contributed by atoms with van der Waals surface area (Å²) in [5.41, 5.74) is -0.771. The molecular formula is C11H9N2O6S. The summed E-state index contributed by atoms with van der Waals surface area (Å²) in [6.07, 6.45) is 0. The highest BCUT2D eigenvalue weighted by Gasteiger charge is 2.16. The molecule has 0 bridgehead atoms. The lowest BCUT2D eigenvalue weighted by atomic mass is 10.3. The molecule has 0 amide bonds. The van der Waals surface area contributed by atoms with Crippen LogP contribution < -0.4 is 5.56 Å². The molecule has 0 atom stereocenters. The standard InChI is InChI=1S/C11H9N2O6S/c1-12-9(11(15)16)6-10(14)13(12)7-2-4-8(5-3-7)20(17,18)19/h2-5H,1H3,(H,15,16)(H,17,18,19). The highest BCUT2D eigenvalue weighted by Crippen LogP contribution is 2.13. The van der Waals surface area contributed by atoms with Gasteiger partial charge in [0.1, 0.15) is 0 Å². The fraction of sp³-hybridized carbons (Fsp3) is 0.0909. The van der Waals surface area contributed by atoms with Crippen molar-refractivity contribution in [2.45, 2.75) is 4.90 Å². The van der Waals surface area contributed by atoms with Gasteiger partial charge in [0.25, 0.3) is 15.7 Å². The molecule has 2 rings (SSSR count). The van der Waals surface area contributed by atoms with Gasteiger partial charge in [-0.1, -0.05) is 0 Å². The lowest BCUT2D eigenvalue weighted by molar-refractivity contribution is 0.0683. The topological polar surface area (TPSA) is 119 Å². The molecule has 0 fully saturated rings. The van der Waals surface area contributed by atoms with E-state index in [2.05, 4.69) is 6.07 Å². The number of aromatic carboxylic acids is 1. The Labute approximate surface area is 113 Å². The average molecular weight is 297 g/mol. The van der Waals surface area contributed by atoms with Gasteiger partial charge in [0.05, 0.1) is 16.6 Å². The van der Waals surface area contributed by atoms with Gasteiger partial charge < -0.3 is 5.11 Å². The van der Waals surface area contributed by atoms with Crippen molar-refractivity contribution in [2.75, 3.05) is 0 Å². The first-order chi connectivity index (χ1) is 9.21. The quantitative estimate of drug-likeness (QED) is 0.765. The number of rotatable bonds is 3. The zero-order chi connectivity index (χ0) is 15.1. The van der Waals surface area contributed by atoms with E-state index in [0.29, 0.717) is 0 Å². The third-order valence-electron chi connectivity index (χ3n) is 2.62. The number of nitrogens with zero attached hydrogens (tertiary/aromatic N) is 2. The molecule has 0 aliphatic rings. The van der Waals surface area contributed by atoms with Crippen molar-refractivity contribution >= 4 is 16.1 Å². The van der Waals surface area contributed by atoms with E-state index < -0.39 is 21.6 Å². The first-order valence-corrected chi connectivity index (χ1v) is 6.68. The van der Waals surface area contributed by atoms with E-state index in [-0.39, 0.29) is 16.3 Å². The first kappa shape index (κ1) is 14.0. The first-order valence-electron chi connectivity index (χ1n) is 5.24. The largest absolute Gasteiger partial charge is 0.477 e. The van der Waals surface area contributed by atoms with Crippen LogP contribution in [-0.4, -0.2) is 33.4 Å². The summed E-state index contributed by atoms with van der Waals surface area (Å²) in [6, 6.07) is 6.90. The van der Waals surface area contributed by atoms with Gasteiger partial charge in [-0.3, -0.25) is 14.0 Å². The van der Waals surface area contributed by atoms with Crippen molar-refractivity contribution in [2.24, 2.45) is 7.05 Å². The zero-order valence-electron chi connectivity index (χ0n) is 10.1. The lowest BCUT2D eigenvalue weighted by Gasteiger charge is -2.08. The highest BCUT2D eigenvalue weighted by atomic mass is 32.2. The maximum atomic E-state index is 11.7. The number of hydrogen-bond donors (Lipinski definition) is 2. The van der Waals surface area contributed by atoms with Crippen molar-refractivity contribution in [1.82, 2.24) is 9.36 Å². The molecule has 105 valence electrons. The second kappa shape index (κ2) is 4.62. The van der Waals surface area contributed by atoms with Crippen LogP contribution in [-0.2, 0) is 17.2 Å². The minimum Gasteiger partial charge on any atom is -0.477 e. The van der Waals surface area contributed by atoms with Crippen LogP contribution in [0.25, 0.3) is 5.69 Å². The summed E-state index contributed by atoms with van der Waals surface area (Å²) in [6.45, 7) is 0. The fourth-order valence-electron chi connectivity index (χ4n) is 1.71. The van der Waals surface area contributed by atoms with Gasteiger partial charge in [0, 0.05) is 7.05 Å². The molecule has 1 heterocycles. The number of carboxylic acids is 1.